The predicted octanol–water partition coefficient (Wildman–Crippen LogP) is 1.93. The maximum atomic E-state index is 11.5. The lowest BCUT2D eigenvalue weighted by atomic mass is 10.2. The highest BCUT2D eigenvalue weighted by Gasteiger charge is 2.01. The van der Waals surface area contributed by atoms with E-state index in [1.165, 1.54) is 0 Å². The van der Waals surface area contributed by atoms with Gasteiger partial charge in [-0.1, -0.05) is 24.6 Å². The molecule has 1 rings (SSSR count). The molecule has 2 N–H and O–H groups in total. The van der Waals surface area contributed by atoms with Gasteiger partial charge in [-0.2, -0.15) is 0 Å². The first-order chi connectivity index (χ1) is 8.33. The van der Waals surface area contributed by atoms with E-state index in [2.05, 4.69) is 10.6 Å². The molecule has 17 heavy (non-hydrogen) atoms. The molecular formula is C13H18N2O2. The molecule has 1 aromatic carbocycles. The van der Waals surface area contributed by atoms with Crippen LogP contribution in [0.25, 0.3) is 0 Å². The molecule has 1 aromatic rings. The fourth-order valence-corrected chi connectivity index (χ4v) is 1.49. The van der Waals surface area contributed by atoms with Crippen LogP contribution in [0.1, 0.15) is 25.7 Å². The fraction of sp³-hybridized carbons (Fsp3) is 0.385. The minimum atomic E-state index is 0.0412. The van der Waals surface area contributed by atoms with Gasteiger partial charge in [0.15, 0.2) is 0 Å². The first kappa shape index (κ1) is 13.2. The van der Waals surface area contributed by atoms with Gasteiger partial charge in [-0.3, -0.25) is 9.59 Å². The van der Waals surface area contributed by atoms with E-state index in [0.717, 1.165) is 24.9 Å². The molecule has 4 nitrogen and oxygen atoms in total. The minimum Gasteiger partial charge on any atom is -0.359 e. The second-order valence-corrected chi connectivity index (χ2v) is 3.80. The molecule has 0 saturated heterocycles. The number of nitrogens with one attached hydrogen (secondary N) is 2. The molecule has 0 heterocycles. The van der Waals surface area contributed by atoms with Crippen LogP contribution in [-0.2, 0) is 9.59 Å². The van der Waals surface area contributed by atoms with Crippen molar-refractivity contribution in [3.63, 3.8) is 0 Å². The van der Waals surface area contributed by atoms with Crippen LogP contribution >= 0.6 is 0 Å². The van der Waals surface area contributed by atoms with Gasteiger partial charge in [0.1, 0.15) is 0 Å². The number of amides is 2. The summed E-state index contributed by atoms with van der Waals surface area (Å²) in [6.07, 6.45) is 3.93. The minimum absolute atomic E-state index is 0.0412. The second kappa shape index (κ2) is 8.33. The van der Waals surface area contributed by atoms with E-state index in [1.807, 2.05) is 30.3 Å². The van der Waals surface area contributed by atoms with Crippen LogP contribution in [0.5, 0.6) is 0 Å². The van der Waals surface area contributed by atoms with Gasteiger partial charge in [-0.15, -0.1) is 0 Å². The zero-order chi connectivity index (χ0) is 12.3. The van der Waals surface area contributed by atoms with E-state index in [1.54, 1.807) is 0 Å². The molecule has 0 aliphatic carbocycles. The van der Waals surface area contributed by atoms with E-state index in [9.17, 15) is 9.59 Å². The third kappa shape index (κ3) is 6.35. The number of hydrogen-bond acceptors (Lipinski definition) is 2. The van der Waals surface area contributed by atoms with Crippen molar-refractivity contribution < 1.29 is 9.59 Å². The Morgan fingerprint density at radius 2 is 1.88 bits per heavy atom. The zero-order valence-electron chi connectivity index (χ0n) is 9.82. The summed E-state index contributed by atoms with van der Waals surface area (Å²) in [6, 6.07) is 9.43. The molecule has 0 aromatic heterocycles. The lowest BCUT2D eigenvalue weighted by molar-refractivity contribution is -0.116. The number of benzene rings is 1. The maximum Gasteiger partial charge on any atom is 0.224 e. The van der Waals surface area contributed by atoms with Gasteiger partial charge in [-0.25, -0.2) is 0 Å². The molecule has 0 radical (unpaired) electrons. The number of para-hydroxylation sites is 1. The van der Waals surface area contributed by atoms with Gasteiger partial charge >= 0.3 is 0 Å². The molecule has 4 heteroatoms. The summed E-state index contributed by atoms with van der Waals surface area (Å²) in [4.78, 5) is 21.5. The van der Waals surface area contributed by atoms with Gasteiger partial charge in [-0.05, 0) is 25.0 Å². The van der Waals surface area contributed by atoms with E-state index < -0.39 is 0 Å². The van der Waals surface area contributed by atoms with Crippen molar-refractivity contribution in [2.24, 2.45) is 0 Å². The number of anilines is 1. The Bertz CT molecular complexity index is 339. The first-order valence-corrected chi connectivity index (χ1v) is 5.85. The predicted molar refractivity (Wildman–Crippen MR) is 67.6 cm³/mol. The van der Waals surface area contributed by atoms with Crippen LogP contribution in [0, 0.1) is 0 Å². The monoisotopic (exact) mass is 234 g/mol. The zero-order valence-corrected chi connectivity index (χ0v) is 9.82. The molecule has 0 aliphatic heterocycles. The Morgan fingerprint density at radius 1 is 1.12 bits per heavy atom. The van der Waals surface area contributed by atoms with Gasteiger partial charge < -0.3 is 10.6 Å². The van der Waals surface area contributed by atoms with E-state index in [4.69, 9.17) is 0 Å². The van der Waals surface area contributed by atoms with Gasteiger partial charge in [0, 0.05) is 18.7 Å². The summed E-state index contributed by atoms with van der Waals surface area (Å²) in [5, 5.41) is 5.43. The molecule has 0 aliphatic rings. The lowest BCUT2D eigenvalue weighted by Gasteiger charge is -2.04. The van der Waals surface area contributed by atoms with Crippen molar-refractivity contribution in [1.29, 1.82) is 0 Å². The van der Waals surface area contributed by atoms with Crippen molar-refractivity contribution in [2.45, 2.75) is 25.7 Å². The summed E-state index contributed by atoms with van der Waals surface area (Å²) in [5.41, 5.74) is 0.833. The molecule has 0 spiro atoms. The second-order valence-electron chi connectivity index (χ2n) is 3.80. The highest BCUT2D eigenvalue weighted by molar-refractivity contribution is 5.90. The average molecular weight is 234 g/mol. The SMILES string of the molecule is O=CNCCCCCC(=O)Nc1ccccc1. The topological polar surface area (TPSA) is 58.2 Å². The molecule has 92 valence electrons. The fourth-order valence-electron chi connectivity index (χ4n) is 1.49. The summed E-state index contributed by atoms with van der Waals surface area (Å²) in [7, 11) is 0. The number of unbranched alkanes of at least 4 members (excludes halogenated alkanes) is 2. The van der Waals surface area contributed by atoms with Crippen LogP contribution in [0.15, 0.2) is 30.3 Å². The smallest absolute Gasteiger partial charge is 0.224 e. The number of carbonyl (C=O) groups is 2. The number of carbonyl (C=O) groups excluding carboxylic acids is 2. The normalized spacial score (nSPS) is 9.65. The molecule has 0 unspecified atom stereocenters. The average Bonchev–Trinajstić information content (AvgIpc) is 2.35. The largest absolute Gasteiger partial charge is 0.359 e. The maximum absolute atomic E-state index is 11.5. The summed E-state index contributed by atoms with van der Waals surface area (Å²) >= 11 is 0. The van der Waals surface area contributed by atoms with Gasteiger partial charge in [0.2, 0.25) is 12.3 Å². The summed E-state index contributed by atoms with van der Waals surface area (Å²) in [5.74, 6) is 0.0412. The highest BCUT2D eigenvalue weighted by atomic mass is 16.1. The molecule has 0 saturated carbocycles. The van der Waals surface area contributed by atoms with Crippen molar-refractivity contribution in [2.75, 3.05) is 11.9 Å². The number of rotatable bonds is 8. The Labute approximate surface area is 101 Å². The molecule has 0 fully saturated rings. The summed E-state index contributed by atoms with van der Waals surface area (Å²) in [6.45, 7) is 0.684. The van der Waals surface area contributed by atoms with Gasteiger partial charge in [0.05, 0.1) is 0 Å². The van der Waals surface area contributed by atoms with Crippen LogP contribution in [0.3, 0.4) is 0 Å². The Kier molecular flexibility index (Phi) is 6.48. The number of hydrogen-bond donors (Lipinski definition) is 2. The van der Waals surface area contributed by atoms with Gasteiger partial charge in [0.25, 0.3) is 0 Å². The summed E-state index contributed by atoms with van der Waals surface area (Å²) < 4.78 is 0. The molecular weight excluding hydrogens is 216 g/mol. The Morgan fingerprint density at radius 3 is 2.59 bits per heavy atom. The van der Waals surface area contributed by atoms with E-state index in [-0.39, 0.29) is 5.91 Å². The lowest BCUT2D eigenvalue weighted by Crippen LogP contribution is -2.13. The quantitative estimate of drug-likeness (QED) is 0.533. The molecule has 0 atom stereocenters. The van der Waals surface area contributed by atoms with Crippen molar-refractivity contribution in [1.82, 2.24) is 5.32 Å². The van der Waals surface area contributed by atoms with Crippen molar-refractivity contribution in [3.8, 4) is 0 Å². The van der Waals surface area contributed by atoms with E-state index >= 15 is 0 Å². The Balaban J connectivity index is 2.07. The van der Waals surface area contributed by atoms with Crippen molar-refractivity contribution >= 4 is 18.0 Å². The standard InChI is InChI=1S/C13H18N2O2/c16-11-14-10-6-2-5-9-13(17)15-12-7-3-1-4-8-12/h1,3-4,7-8,11H,2,5-6,9-10H2,(H,14,16)(H,15,17). The first-order valence-electron chi connectivity index (χ1n) is 5.85. The Hall–Kier alpha value is -1.84. The van der Waals surface area contributed by atoms with Crippen LogP contribution in [0.2, 0.25) is 0 Å². The van der Waals surface area contributed by atoms with Crippen molar-refractivity contribution in [3.05, 3.63) is 30.3 Å². The molecule has 2 amide bonds. The molecule has 0 bridgehead atoms. The van der Waals surface area contributed by atoms with Crippen LogP contribution < -0.4 is 10.6 Å². The highest BCUT2D eigenvalue weighted by Crippen LogP contribution is 2.07. The third-order valence-corrected chi connectivity index (χ3v) is 2.37. The third-order valence-electron chi connectivity index (χ3n) is 2.37. The van der Waals surface area contributed by atoms with Crippen LogP contribution in [-0.4, -0.2) is 18.9 Å². The van der Waals surface area contributed by atoms with Crippen LogP contribution in [0.4, 0.5) is 5.69 Å². The van der Waals surface area contributed by atoms with E-state index in [0.29, 0.717) is 19.4 Å².